The van der Waals surface area contributed by atoms with Gasteiger partial charge < -0.3 is 21.1 Å². The summed E-state index contributed by atoms with van der Waals surface area (Å²) in [6, 6.07) is 4.33. The molecule has 164 valence electrons. The summed E-state index contributed by atoms with van der Waals surface area (Å²) < 4.78 is 0. The Morgan fingerprint density at radius 2 is 1.97 bits per heavy atom. The fourth-order valence-corrected chi connectivity index (χ4v) is 3.55. The number of urea groups is 1. The fourth-order valence-electron chi connectivity index (χ4n) is 3.08. The first-order chi connectivity index (χ1) is 14.3. The third kappa shape index (κ3) is 5.88. The van der Waals surface area contributed by atoms with Gasteiger partial charge in [-0.1, -0.05) is 32.4 Å². The van der Waals surface area contributed by atoms with Gasteiger partial charge in [0.1, 0.15) is 18.6 Å². The van der Waals surface area contributed by atoms with Gasteiger partial charge in [0.05, 0.1) is 11.4 Å². The number of nitrogens with one attached hydrogen (secondary N) is 3. The number of benzene rings is 1. The van der Waals surface area contributed by atoms with Crippen LogP contribution in [0.4, 0.5) is 16.2 Å². The normalized spacial score (nSPS) is 16.0. The van der Waals surface area contributed by atoms with Crippen LogP contribution in [0, 0.1) is 5.92 Å². The van der Waals surface area contributed by atoms with E-state index in [-0.39, 0.29) is 24.8 Å². The van der Waals surface area contributed by atoms with E-state index in [2.05, 4.69) is 16.0 Å². The van der Waals surface area contributed by atoms with E-state index in [0.29, 0.717) is 23.5 Å². The minimum atomic E-state index is -1.12. The van der Waals surface area contributed by atoms with Crippen LogP contribution in [0.1, 0.15) is 26.7 Å². The number of hydrogen-bond donors (Lipinski definition) is 4. The number of carboxylic acids is 1. The average Bonchev–Trinajstić information content (AvgIpc) is 2.73. The number of hydrogen-bond acceptors (Lipinski definition) is 5. The molecule has 1 aliphatic heterocycles. The number of fused-ring (bicyclic) bond motifs is 1. The SMILES string of the molecule is CC[C@@H](C)[C@H](NC(=O)N1CC(=O)Nc2ccccc21)C(=O)N[C@H](CCSC)C(=O)O. The van der Waals surface area contributed by atoms with Crippen LogP contribution in [-0.4, -0.2) is 59.6 Å². The van der Waals surface area contributed by atoms with E-state index in [1.807, 2.05) is 13.2 Å². The Balaban J connectivity index is 2.18. The predicted molar refractivity (Wildman–Crippen MR) is 117 cm³/mol. The van der Waals surface area contributed by atoms with Crippen molar-refractivity contribution in [1.29, 1.82) is 0 Å². The van der Waals surface area contributed by atoms with Crippen LogP contribution in [0.25, 0.3) is 0 Å². The highest BCUT2D eigenvalue weighted by molar-refractivity contribution is 7.98. The van der Waals surface area contributed by atoms with E-state index in [9.17, 15) is 24.3 Å². The summed E-state index contributed by atoms with van der Waals surface area (Å²) in [5, 5.41) is 17.3. The maximum atomic E-state index is 13.0. The van der Waals surface area contributed by atoms with Crippen molar-refractivity contribution in [2.24, 2.45) is 5.92 Å². The van der Waals surface area contributed by atoms with Crippen molar-refractivity contribution in [3.05, 3.63) is 24.3 Å². The second-order valence-corrected chi connectivity index (χ2v) is 8.13. The van der Waals surface area contributed by atoms with Crippen LogP contribution in [-0.2, 0) is 14.4 Å². The molecule has 1 aromatic carbocycles. The average molecular weight is 437 g/mol. The minimum Gasteiger partial charge on any atom is -0.480 e. The van der Waals surface area contributed by atoms with Crippen molar-refractivity contribution in [1.82, 2.24) is 10.6 Å². The first-order valence-corrected chi connectivity index (χ1v) is 11.2. The summed E-state index contributed by atoms with van der Waals surface area (Å²) in [6.07, 6.45) is 2.73. The van der Waals surface area contributed by atoms with Crippen molar-refractivity contribution in [2.45, 2.75) is 38.8 Å². The number of amides is 4. The quantitative estimate of drug-likeness (QED) is 0.468. The third-order valence-electron chi connectivity index (χ3n) is 5.02. The van der Waals surface area contributed by atoms with Crippen LogP contribution in [0.2, 0.25) is 0 Å². The molecular weight excluding hydrogens is 408 g/mol. The van der Waals surface area contributed by atoms with Gasteiger partial charge >= 0.3 is 12.0 Å². The molecule has 0 spiro atoms. The number of para-hydroxylation sites is 2. The molecule has 0 saturated heterocycles. The summed E-state index contributed by atoms with van der Waals surface area (Å²) in [5.74, 6) is -1.67. The lowest BCUT2D eigenvalue weighted by Crippen LogP contribution is -2.57. The Hall–Kier alpha value is -2.75. The monoisotopic (exact) mass is 436 g/mol. The van der Waals surface area contributed by atoms with Gasteiger partial charge in [0.25, 0.3) is 0 Å². The minimum absolute atomic E-state index is 0.177. The molecule has 0 radical (unpaired) electrons. The molecule has 1 aliphatic rings. The molecule has 4 N–H and O–H groups in total. The van der Waals surface area contributed by atoms with Crippen LogP contribution in [0.5, 0.6) is 0 Å². The van der Waals surface area contributed by atoms with Crippen molar-refractivity contribution in [2.75, 3.05) is 28.8 Å². The van der Waals surface area contributed by atoms with E-state index in [0.717, 1.165) is 0 Å². The summed E-state index contributed by atoms with van der Waals surface area (Å²) in [5.41, 5.74) is 1.04. The van der Waals surface area contributed by atoms with Crippen LogP contribution < -0.4 is 20.9 Å². The molecule has 9 nitrogen and oxygen atoms in total. The van der Waals surface area contributed by atoms with E-state index in [1.54, 1.807) is 31.2 Å². The van der Waals surface area contributed by atoms with Gasteiger partial charge in [-0.15, -0.1) is 0 Å². The lowest BCUT2D eigenvalue weighted by molar-refractivity contribution is -0.142. The first-order valence-electron chi connectivity index (χ1n) is 9.77. The van der Waals surface area contributed by atoms with Gasteiger partial charge in [0.15, 0.2) is 0 Å². The molecule has 2 rings (SSSR count). The Kier molecular flexibility index (Phi) is 8.52. The highest BCUT2D eigenvalue weighted by atomic mass is 32.2. The van der Waals surface area contributed by atoms with Crippen molar-refractivity contribution in [3.8, 4) is 0 Å². The standard InChI is InChI=1S/C20H28N4O5S/c1-4-12(2)17(18(26)22-14(19(27)28)9-10-30-3)23-20(29)24-11-16(25)21-13-7-5-6-8-15(13)24/h5-8,12,14,17H,4,9-11H2,1-3H3,(H,21,25)(H,22,26)(H,23,29)(H,27,28)/t12-,14-,17+/m1/s1. The summed E-state index contributed by atoms with van der Waals surface area (Å²) >= 11 is 1.49. The molecular formula is C20H28N4O5S. The highest BCUT2D eigenvalue weighted by Gasteiger charge is 2.33. The largest absolute Gasteiger partial charge is 0.480 e. The summed E-state index contributed by atoms with van der Waals surface area (Å²) in [6.45, 7) is 3.51. The topological polar surface area (TPSA) is 128 Å². The predicted octanol–water partition coefficient (Wildman–Crippen LogP) is 1.89. The van der Waals surface area contributed by atoms with Gasteiger partial charge in [-0.05, 0) is 36.5 Å². The Bertz CT molecular complexity index is 803. The molecule has 30 heavy (non-hydrogen) atoms. The lowest BCUT2D eigenvalue weighted by Gasteiger charge is -2.32. The van der Waals surface area contributed by atoms with Gasteiger partial charge in [-0.25, -0.2) is 9.59 Å². The zero-order valence-electron chi connectivity index (χ0n) is 17.3. The Labute approximate surface area is 180 Å². The van der Waals surface area contributed by atoms with Crippen molar-refractivity contribution in [3.63, 3.8) is 0 Å². The zero-order chi connectivity index (χ0) is 22.3. The number of rotatable bonds is 9. The Morgan fingerprint density at radius 3 is 2.60 bits per heavy atom. The number of carbonyl (C=O) groups is 4. The van der Waals surface area contributed by atoms with Crippen LogP contribution in [0.15, 0.2) is 24.3 Å². The van der Waals surface area contributed by atoms with Crippen molar-refractivity contribution < 1.29 is 24.3 Å². The van der Waals surface area contributed by atoms with E-state index < -0.39 is 30.0 Å². The van der Waals surface area contributed by atoms with Gasteiger partial charge in [0, 0.05) is 0 Å². The zero-order valence-corrected chi connectivity index (χ0v) is 18.1. The smallest absolute Gasteiger partial charge is 0.326 e. The molecule has 3 atom stereocenters. The van der Waals surface area contributed by atoms with Crippen LogP contribution in [0.3, 0.4) is 0 Å². The number of carbonyl (C=O) groups excluding carboxylic acids is 3. The van der Waals surface area contributed by atoms with E-state index in [4.69, 9.17) is 0 Å². The van der Waals surface area contributed by atoms with Crippen molar-refractivity contribution >= 4 is 47.0 Å². The number of carboxylic acid groups (broad SMARTS) is 1. The second kappa shape index (κ2) is 10.9. The summed E-state index contributed by atoms with van der Waals surface area (Å²) in [7, 11) is 0. The van der Waals surface area contributed by atoms with Gasteiger partial charge in [-0.3, -0.25) is 14.5 Å². The third-order valence-corrected chi connectivity index (χ3v) is 5.66. The molecule has 1 heterocycles. The number of thioether (sulfide) groups is 1. The molecule has 0 saturated carbocycles. The Morgan fingerprint density at radius 1 is 1.27 bits per heavy atom. The molecule has 0 aliphatic carbocycles. The number of anilines is 2. The fraction of sp³-hybridized carbons (Fsp3) is 0.500. The second-order valence-electron chi connectivity index (χ2n) is 7.15. The van der Waals surface area contributed by atoms with Gasteiger partial charge in [-0.2, -0.15) is 11.8 Å². The molecule has 0 fully saturated rings. The number of nitrogens with zero attached hydrogens (tertiary/aromatic N) is 1. The summed E-state index contributed by atoms with van der Waals surface area (Å²) in [4.78, 5) is 50.6. The maximum absolute atomic E-state index is 13.0. The van der Waals surface area contributed by atoms with E-state index in [1.165, 1.54) is 16.7 Å². The molecule has 10 heteroatoms. The molecule has 0 bridgehead atoms. The lowest BCUT2D eigenvalue weighted by atomic mass is 9.98. The molecule has 4 amide bonds. The van der Waals surface area contributed by atoms with Gasteiger partial charge in [0.2, 0.25) is 11.8 Å². The van der Waals surface area contributed by atoms with Crippen LogP contribution >= 0.6 is 11.8 Å². The maximum Gasteiger partial charge on any atom is 0.326 e. The molecule has 1 aromatic rings. The molecule has 0 aromatic heterocycles. The number of aliphatic carboxylic acids is 1. The molecule has 0 unspecified atom stereocenters. The first kappa shape index (κ1) is 23.5. The highest BCUT2D eigenvalue weighted by Crippen LogP contribution is 2.29. The van der Waals surface area contributed by atoms with E-state index >= 15 is 0 Å².